The monoisotopic (exact) mass is 512 g/mol. The molecule has 3 rings (SSSR count). The molecule has 6 nitrogen and oxygen atoms in total. The number of aromatic nitrogens is 1. The molecule has 1 unspecified atom stereocenters. The standard InChI is InChI=1S/C17H25ClN4O2S.HI/c18-14-5-6-16(19-10-14)11-21-17(22-15-3-1-2-4-15)20-9-13-7-8-25(23,24)12-13;/h5-6,10,13,15H,1-4,7-9,11-12H2,(H2,20,21,22);1H. The molecule has 0 aromatic carbocycles. The fraction of sp³-hybridized carbons (Fsp3) is 0.647. The summed E-state index contributed by atoms with van der Waals surface area (Å²) in [6.07, 6.45) is 7.13. The Labute approximate surface area is 177 Å². The topological polar surface area (TPSA) is 83.5 Å². The lowest BCUT2D eigenvalue weighted by molar-refractivity contribution is 0.553. The molecular weight excluding hydrogens is 487 g/mol. The van der Waals surface area contributed by atoms with Crippen molar-refractivity contribution in [2.75, 3.05) is 18.1 Å². The Kier molecular flexibility index (Phi) is 8.41. The summed E-state index contributed by atoms with van der Waals surface area (Å²) < 4.78 is 23.2. The van der Waals surface area contributed by atoms with Crippen LogP contribution in [0.25, 0.3) is 0 Å². The summed E-state index contributed by atoms with van der Waals surface area (Å²) in [4.78, 5) is 8.89. The number of rotatable bonds is 5. The molecule has 1 atom stereocenters. The summed E-state index contributed by atoms with van der Waals surface area (Å²) in [7, 11) is -2.85. The Balaban J connectivity index is 0.00000243. The molecule has 1 aliphatic heterocycles. The zero-order valence-corrected chi connectivity index (χ0v) is 18.6. The SMILES string of the molecule is I.O=S1(=O)CCC(CNC(=NCc2ccc(Cl)cn2)NC2CCCC2)C1. The quantitative estimate of drug-likeness (QED) is 0.360. The van der Waals surface area contributed by atoms with Crippen LogP contribution in [0.15, 0.2) is 23.3 Å². The summed E-state index contributed by atoms with van der Waals surface area (Å²) >= 11 is 5.86. The van der Waals surface area contributed by atoms with E-state index in [1.807, 2.05) is 6.07 Å². The maximum Gasteiger partial charge on any atom is 0.191 e. The Hall–Kier alpha value is -0.610. The van der Waals surface area contributed by atoms with Crippen LogP contribution in [0.3, 0.4) is 0 Å². The van der Waals surface area contributed by atoms with Crippen molar-refractivity contribution in [3.63, 3.8) is 0 Å². The molecule has 2 fully saturated rings. The third-order valence-electron chi connectivity index (χ3n) is 4.77. The second kappa shape index (κ2) is 10.1. The number of guanidine groups is 1. The van der Waals surface area contributed by atoms with Crippen LogP contribution in [0.2, 0.25) is 5.02 Å². The van der Waals surface area contributed by atoms with Gasteiger partial charge in [0.2, 0.25) is 0 Å². The molecule has 2 aliphatic rings. The van der Waals surface area contributed by atoms with Gasteiger partial charge in [-0.05, 0) is 37.3 Å². The molecule has 0 amide bonds. The zero-order valence-electron chi connectivity index (χ0n) is 14.7. The number of aliphatic imine (C=N–C) groups is 1. The van der Waals surface area contributed by atoms with Crippen molar-refractivity contribution < 1.29 is 8.42 Å². The molecule has 0 bridgehead atoms. The van der Waals surface area contributed by atoms with Gasteiger partial charge >= 0.3 is 0 Å². The lowest BCUT2D eigenvalue weighted by Gasteiger charge is -2.19. The molecule has 1 saturated heterocycles. The van der Waals surface area contributed by atoms with Crippen molar-refractivity contribution in [1.29, 1.82) is 0 Å². The molecule has 26 heavy (non-hydrogen) atoms. The van der Waals surface area contributed by atoms with Gasteiger partial charge in [-0.15, -0.1) is 24.0 Å². The number of hydrogen-bond acceptors (Lipinski definition) is 4. The highest BCUT2D eigenvalue weighted by Crippen LogP contribution is 2.19. The van der Waals surface area contributed by atoms with E-state index in [9.17, 15) is 8.42 Å². The Morgan fingerprint density at radius 3 is 2.65 bits per heavy atom. The third-order valence-corrected chi connectivity index (χ3v) is 6.83. The van der Waals surface area contributed by atoms with Crippen LogP contribution in [0.4, 0.5) is 0 Å². The molecule has 1 aromatic heterocycles. The van der Waals surface area contributed by atoms with Crippen LogP contribution in [0.5, 0.6) is 0 Å². The number of nitrogens with one attached hydrogen (secondary N) is 2. The van der Waals surface area contributed by atoms with E-state index >= 15 is 0 Å². The van der Waals surface area contributed by atoms with Crippen molar-refractivity contribution in [1.82, 2.24) is 15.6 Å². The van der Waals surface area contributed by atoms with Crippen molar-refractivity contribution >= 4 is 51.4 Å². The fourth-order valence-electron chi connectivity index (χ4n) is 3.35. The number of sulfone groups is 1. The molecule has 1 aromatic rings. The van der Waals surface area contributed by atoms with Gasteiger partial charge in [0.1, 0.15) is 0 Å². The van der Waals surface area contributed by atoms with Crippen molar-refractivity contribution in [2.45, 2.75) is 44.7 Å². The third kappa shape index (κ3) is 6.84. The van der Waals surface area contributed by atoms with Gasteiger partial charge in [-0.2, -0.15) is 0 Å². The predicted octanol–water partition coefficient (Wildman–Crippen LogP) is 2.77. The van der Waals surface area contributed by atoms with Crippen LogP contribution in [-0.2, 0) is 16.4 Å². The van der Waals surface area contributed by atoms with Crippen LogP contribution in [0, 0.1) is 5.92 Å². The first-order valence-corrected chi connectivity index (χ1v) is 11.1. The lowest BCUT2D eigenvalue weighted by Crippen LogP contribution is -2.44. The van der Waals surface area contributed by atoms with Crippen LogP contribution in [0.1, 0.15) is 37.8 Å². The second-order valence-corrected chi connectivity index (χ2v) is 9.57. The molecule has 1 aliphatic carbocycles. The van der Waals surface area contributed by atoms with E-state index in [-0.39, 0.29) is 35.6 Å². The van der Waals surface area contributed by atoms with Gasteiger partial charge in [-0.1, -0.05) is 24.4 Å². The van der Waals surface area contributed by atoms with Crippen LogP contribution in [-0.4, -0.2) is 43.5 Å². The molecule has 146 valence electrons. The molecule has 9 heteroatoms. The normalized spacial score (nSPS) is 22.8. The fourth-order valence-corrected chi connectivity index (χ4v) is 5.32. The molecule has 1 saturated carbocycles. The molecule has 0 radical (unpaired) electrons. The minimum atomic E-state index is -2.85. The van der Waals surface area contributed by atoms with Crippen molar-refractivity contribution in [3.8, 4) is 0 Å². The highest BCUT2D eigenvalue weighted by Gasteiger charge is 2.28. The molecule has 2 N–H and O–H groups in total. The van der Waals surface area contributed by atoms with Gasteiger partial charge in [0.05, 0.1) is 28.8 Å². The maximum atomic E-state index is 11.6. The Morgan fingerprint density at radius 1 is 1.27 bits per heavy atom. The van der Waals surface area contributed by atoms with Crippen molar-refractivity contribution in [3.05, 3.63) is 29.0 Å². The van der Waals surface area contributed by atoms with Crippen LogP contribution >= 0.6 is 35.6 Å². The first kappa shape index (κ1) is 21.7. The van der Waals surface area contributed by atoms with E-state index in [1.54, 1.807) is 12.3 Å². The Morgan fingerprint density at radius 2 is 2.04 bits per heavy atom. The van der Waals surface area contributed by atoms with Gasteiger partial charge in [0.15, 0.2) is 15.8 Å². The highest BCUT2D eigenvalue weighted by atomic mass is 127. The number of hydrogen-bond donors (Lipinski definition) is 2. The number of pyridine rings is 1. The van der Waals surface area contributed by atoms with E-state index in [4.69, 9.17) is 11.6 Å². The first-order valence-electron chi connectivity index (χ1n) is 8.86. The molecule has 2 heterocycles. The van der Waals surface area contributed by atoms with Gasteiger partial charge in [0.25, 0.3) is 0 Å². The largest absolute Gasteiger partial charge is 0.356 e. The average Bonchev–Trinajstić information content (AvgIpc) is 3.20. The zero-order chi connectivity index (χ0) is 17.7. The maximum absolute atomic E-state index is 11.6. The van der Waals surface area contributed by atoms with Crippen LogP contribution < -0.4 is 10.6 Å². The number of nitrogens with zero attached hydrogens (tertiary/aromatic N) is 2. The average molecular weight is 513 g/mol. The van der Waals surface area contributed by atoms with E-state index < -0.39 is 9.84 Å². The minimum absolute atomic E-state index is 0. The molecular formula is C17H26ClIN4O2S. The second-order valence-electron chi connectivity index (χ2n) is 6.91. The van der Waals surface area contributed by atoms with Gasteiger partial charge < -0.3 is 10.6 Å². The highest BCUT2D eigenvalue weighted by molar-refractivity contribution is 14.0. The van der Waals surface area contributed by atoms with E-state index in [0.717, 1.165) is 30.9 Å². The summed E-state index contributed by atoms with van der Waals surface area (Å²) in [5.74, 6) is 1.48. The summed E-state index contributed by atoms with van der Waals surface area (Å²) in [6.45, 7) is 1.09. The van der Waals surface area contributed by atoms with E-state index in [0.29, 0.717) is 29.9 Å². The first-order chi connectivity index (χ1) is 12.0. The van der Waals surface area contributed by atoms with Crippen molar-refractivity contribution in [2.24, 2.45) is 10.9 Å². The predicted molar refractivity (Wildman–Crippen MR) is 116 cm³/mol. The summed E-state index contributed by atoms with van der Waals surface area (Å²) in [6, 6.07) is 4.11. The summed E-state index contributed by atoms with van der Waals surface area (Å²) in [5, 5.41) is 7.42. The minimum Gasteiger partial charge on any atom is -0.356 e. The van der Waals surface area contributed by atoms with Gasteiger partial charge in [-0.3, -0.25) is 4.98 Å². The Bertz CT molecular complexity index is 706. The smallest absolute Gasteiger partial charge is 0.191 e. The number of halogens is 2. The van der Waals surface area contributed by atoms with E-state index in [2.05, 4.69) is 20.6 Å². The molecule has 0 spiro atoms. The van der Waals surface area contributed by atoms with Gasteiger partial charge in [0, 0.05) is 18.8 Å². The summed E-state index contributed by atoms with van der Waals surface area (Å²) in [5.41, 5.74) is 0.848. The lowest BCUT2D eigenvalue weighted by atomic mass is 10.1. The van der Waals surface area contributed by atoms with E-state index in [1.165, 1.54) is 12.8 Å². The van der Waals surface area contributed by atoms with Gasteiger partial charge in [-0.25, -0.2) is 13.4 Å².